The molecule has 0 atom stereocenters. The SMILES string of the molecule is COc1ccc(CCNC(=O)c2ccc(I)cc2)cc1. The fourth-order valence-electron chi connectivity index (χ4n) is 1.82. The molecule has 2 aromatic carbocycles. The fourth-order valence-corrected chi connectivity index (χ4v) is 2.18. The molecule has 1 N–H and O–H groups in total. The minimum Gasteiger partial charge on any atom is -0.497 e. The van der Waals surface area contributed by atoms with E-state index in [2.05, 4.69) is 27.9 Å². The second-order valence-corrected chi connectivity index (χ2v) is 5.61. The van der Waals surface area contributed by atoms with Crippen molar-refractivity contribution in [2.75, 3.05) is 13.7 Å². The van der Waals surface area contributed by atoms with Crippen LogP contribution < -0.4 is 10.1 Å². The molecule has 2 aromatic rings. The van der Waals surface area contributed by atoms with Crippen LogP contribution in [0.15, 0.2) is 48.5 Å². The van der Waals surface area contributed by atoms with E-state index in [1.165, 1.54) is 5.56 Å². The predicted molar refractivity (Wildman–Crippen MR) is 88.2 cm³/mol. The summed E-state index contributed by atoms with van der Waals surface area (Å²) in [7, 11) is 1.65. The van der Waals surface area contributed by atoms with Crippen molar-refractivity contribution < 1.29 is 9.53 Å². The molecule has 104 valence electrons. The first kappa shape index (κ1) is 14.8. The number of carbonyl (C=O) groups excluding carboxylic acids is 1. The molecule has 0 fully saturated rings. The number of hydrogen-bond donors (Lipinski definition) is 1. The summed E-state index contributed by atoms with van der Waals surface area (Å²) in [4.78, 5) is 11.9. The summed E-state index contributed by atoms with van der Waals surface area (Å²) in [5, 5.41) is 2.92. The van der Waals surface area contributed by atoms with Gasteiger partial charge in [0.15, 0.2) is 0 Å². The monoisotopic (exact) mass is 381 g/mol. The highest BCUT2D eigenvalue weighted by Gasteiger charge is 2.04. The van der Waals surface area contributed by atoms with Gasteiger partial charge in [0.25, 0.3) is 5.91 Å². The average molecular weight is 381 g/mol. The van der Waals surface area contributed by atoms with E-state index in [0.717, 1.165) is 15.7 Å². The van der Waals surface area contributed by atoms with Crippen molar-refractivity contribution in [3.63, 3.8) is 0 Å². The van der Waals surface area contributed by atoms with Crippen LogP contribution in [-0.2, 0) is 6.42 Å². The van der Waals surface area contributed by atoms with Gasteiger partial charge in [-0.2, -0.15) is 0 Å². The molecule has 4 heteroatoms. The van der Waals surface area contributed by atoms with Gasteiger partial charge in [-0.05, 0) is 71.0 Å². The van der Waals surface area contributed by atoms with Crippen LogP contribution in [0.5, 0.6) is 5.75 Å². The first-order valence-corrected chi connectivity index (χ1v) is 7.43. The molecule has 0 unspecified atom stereocenters. The fraction of sp³-hybridized carbons (Fsp3) is 0.188. The summed E-state index contributed by atoms with van der Waals surface area (Å²) < 4.78 is 6.23. The molecule has 3 nitrogen and oxygen atoms in total. The van der Waals surface area contributed by atoms with Gasteiger partial charge in [0, 0.05) is 15.7 Å². The Balaban J connectivity index is 1.82. The Morgan fingerprint density at radius 2 is 1.75 bits per heavy atom. The molecule has 0 aliphatic rings. The molecule has 0 aliphatic heterocycles. The zero-order valence-electron chi connectivity index (χ0n) is 11.2. The standard InChI is InChI=1S/C16H16INO2/c1-20-15-8-2-12(3-9-15)10-11-18-16(19)13-4-6-14(17)7-5-13/h2-9H,10-11H2,1H3,(H,18,19). The van der Waals surface area contributed by atoms with Crippen molar-refractivity contribution in [1.29, 1.82) is 0 Å². The number of benzene rings is 2. The Morgan fingerprint density at radius 1 is 1.10 bits per heavy atom. The van der Waals surface area contributed by atoms with Crippen LogP contribution in [0.2, 0.25) is 0 Å². The number of nitrogens with one attached hydrogen (secondary N) is 1. The highest BCUT2D eigenvalue weighted by Crippen LogP contribution is 2.11. The largest absolute Gasteiger partial charge is 0.497 e. The van der Waals surface area contributed by atoms with Crippen molar-refractivity contribution in [3.8, 4) is 5.75 Å². The topological polar surface area (TPSA) is 38.3 Å². The zero-order valence-corrected chi connectivity index (χ0v) is 13.4. The van der Waals surface area contributed by atoms with Gasteiger partial charge in [-0.3, -0.25) is 4.79 Å². The van der Waals surface area contributed by atoms with Crippen molar-refractivity contribution >= 4 is 28.5 Å². The maximum atomic E-state index is 11.9. The smallest absolute Gasteiger partial charge is 0.251 e. The Kier molecular flexibility index (Phi) is 5.40. The van der Waals surface area contributed by atoms with Gasteiger partial charge in [-0.25, -0.2) is 0 Å². The van der Waals surface area contributed by atoms with Crippen molar-refractivity contribution in [1.82, 2.24) is 5.32 Å². The number of amides is 1. The lowest BCUT2D eigenvalue weighted by Gasteiger charge is -2.06. The average Bonchev–Trinajstić information content (AvgIpc) is 2.48. The minimum atomic E-state index is -0.0325. The number of carbonyl (C=O) groups is 1. The molecule has 0 aliphatic carbocycles. The Labute approximate surface area is 132 Å². The van der Waals surface area contributed by atoms with E-state index in [-0.39, 0.29) is 5.91 Å². The third-order valence-corrected chi connectivity index (χ3v) is 3.68. The molecular formula is C16H16INO2. The van der Waals surface area contributed by atoms with Crippen molar-refractivity contribution in [2.45, 2.75) is 6.42 Å². The van der Waals surface area contributed by atoms with Gasteiger partial charge >= 0.3 is 0 Å². The number of methoxy groups -OCH3 is 1. The second kappa shape index (κ2) is 7.28. The van der Waals surface area contributed by atoms with Gasteiger partial charge in [-0.1, -0.05) is 12.1 Å². The van der Waals surface area contributed by atoms with Gasteiger partial charge in [0.2, 0.25) is 0 Å². The second-order valence-electron chi connectivity index (χ2n) is 4.36. The van der Waals surface area contributed by atoms with E-state index in [4.69, 9.17) is 4.74 Å². The number of ether oxygens (including phenoxy) is 1. The van der Waals surface area contributed by atoms with Gasteiger partial charge in [0.1, 0.15) is 5.75 Å². The number of hydrogen-bond acceptors (Lipinski definition) is 2. The van der Waals surface area contributed by atoms with E-state index in [1.807, 2.05) is 48.5 Å². The lowest BCUT2D eigenvalue weighted by Crippen LogP contribution is -2.25. The molecule has 2 rings (SSSR count). The third-order valence-electron chi connectivity index (χ3n) is 2.96. The third kappa shape index (κ3) is 4.23. The molecule has 0 saturated carbocycles. The zero-order chi connectivity index (χ0) is 14.4. The Morgan fingerprint density at radius 3 is 2.35 bits per heavy atom. The molecule has 0 spiro atoms. The molecule has 20 heavy (non-hydrogen) atoms. The van der Waals surface area contributed by atoms with Crippen LogP contribution in [0.1, 0.15) is 15.9 Å². The molecule has 0 radical (unpaired) electrons. The number of halogens is 1. The maximum Gasteiger partial charge on any atom is 0.251 e. The predicted octanol–water partition coefficient (Wildman–Crippen LogP) is 3.27. The van der Waals surface area contributed by atoms with Crippen molar-refractivity contribution in [3.05, 3.63) is 63.2 Å². The van der Waals surface area contributed by atoms with Crippen LogP contribution in [-0.4, -0.2) is 19.6 Å². The summed E-state index contributed by atoms with van der Waals surface area (Å²) in [6.45, 7) is 0.622. The normalized spacial score (nSPS) is 10.1. The summed E-state index contributed by atoms with van der Waals surface area (Å²) in [5.74, 6) is 0.812. The Bertz CT molecular complexity index is 564. The van der Waals surface area contributed by atoms with Crippen LogP contribution in [0.3, 0.4) is 0 Å². The highest BCUT2D eigenvalue weighted by atomic mass is 127. The maximum absolute atomic E-state index is 11.9. The van der Waals surface area contributed by atoms with E-state index >= 15 is 0 Å². The van der Waals surface area contributed by atoms with Gasteiger partial charge < -0.3 is 10.1 Å². The molecule has 0 saturated heterocycles. The molecule has 0 bridgehead atoms. The summed E-state index contributed by atoms with van der Waals surface area (Å²) >= 11 is 2.22. The molecule has 0 heterocycles. The lowest BCUT2D eigenvalue weighted by molar-refractivity contribution is 0.0954. The number of rotatable bonds is 5. The van der Waals surface area contributed by atoms with Gasteiger partial charge in [0.05, 0.1) is 7.11 Å². The van der Waals surface area contributed by atoms with Gasteiger partial charge in [-0.15, -0.1) is 0 Å². The molecule has 0 aromatic heterocycles. The molecular weight excluding hydrogens is 365 g/mol. The van der Waals surface area contributed by atoms with Crippen LogP contribution in [0, 0.1) is 3.57 Å². The van der Waals surface area contributed by atoms with E-state index in [1.54, 1.807) is 7.11 Å². The Hall–Kier alpha value is -1.56. The summed E-state index contributed by atoms with van der Waals surface area (Å²) in [6.07, 6.45) is 0.806. The van der Waals surface area contributed by atoms with Crippen molar-refractivity contribution in [2.24, 2.45) is 0 Å². The van der Waals surface area contributed by atoms with Crippen LogP contribution in [0.25, 0.3) is 0 Å². The van der Waals surface area contributed by atoms with E-state index < -0.39 is 0 Å². The first-order chi connectivity index (χ1) is 9.69. The highest BCUT2D eigenvalue weighted by molar-refractivity contribution is 14.1. The quantitative estimate of drug-likeness (QED) is 0.808. The molecule has 1 amide bonds. The summed E-state index contributed by atoms with van der Waals surface area (Å²) in [5.41, 5.74) is 1.87. The van der Waals surface area contributed by atoms with Crippen LogP contribution >= 0.6 is 22.6 Å². The first-order valence-electron chi connectivity index (χ1n) is 6.36. The van der Waals surface area contributed by atoms with Crippen LogP contribution in [0.4, 0.5) is 0 Å². The summed E-state index contributed by atoms with van der Waals surface area (Å²) in [6, 6.07) is 15.4. The van der Waals surface area contributed by atoms with E-state index in [0.29, 0.717) is 12.1 Å². The minimum absolute atomic E-state index is 0.0325. The lowest BCUT2D eigenvalue weighted by atomic mass is 10.1. The van der Waals surface area contributed by atoms with E-state index in [9.17, 15) is 4.79 Å².